The van der Waals surface area contributed by atoms with Crippen LogP contribution in [0.3, 0.4) is 0 Å². The molecule has 0 bridgehead atoms. The number of nitrogens with zero attached hydrogens (tertiary/aromatic N) is 3. The zero-order valence-electron chi connectivity index (χ0n) is 16.1. The molecule has 0 aliphatic rings. The number of aliphatic carboxylic acids is 2. The fraction of sp³-hybridized carbons (Fsp3) is 0.818. The standard InChI is InChI=1S/C11H26N3O13P3.2Gd/c15-10(16)5-13(8-29(22,23)24)3-1-12(7-28(19,20)21)2-4-14(6-11(17)18)9-30(25,26)27;;/h1-9H2,(H,15,16)(H,17,18)(H2,19,20,21)(H2,22,23,24)(H2,25,26,27);;/q;2*+3/p-6. The molecule has 2 radical (unpaired) electrons. The molecule has 0 amide bonds. The van der Waals surface area contributed by atoms with Crippen LogP contribution in [0.4, 0.5) is 0 Å². The molecule has 0 heterocycles. The van der Waals surface area contributed by atoms with Crippen molar-refractivity contribution in [1.29, 1.82) is 0 Å². The second-order valence-corrected chi connectivity index (χ2v) is 10.9. The first-order chi connectivity index (χ1) is 13.4. The van der Waals surface area contributed by atoms with E-state index >= 15 is 0 Å². The maximum absolute atomic E-state index is 11.3. The van der Waals surface area contributed by atoms with Gasteiger partial charge in [-0.1, -0.05) is 15.2 Å². The summed E-state index contributed by atoms with van der Waals surface area (Å²) in [4.78, 5) is 85.3. The van der Waals surface area contributed by atoms with Gasteiger partial charge in [0.15, 0.2) is 0 Å². The van der Waals surface area contributed by atoms with E-state index in [1.807, 2.05) is 0 Å². The molecule has 0 spiro atoms. The van der Waals surface area contributed by atoms with Crippen molar-refractivity contribution in [3.63, 3.8) is 0 Å². The molecule has 0 atom stereocenters. The molecule has 0 saturated heterocycles. The topological polar surface area (TPSA) is 274 Å². The second-order valence-electron chi connectivity index (χ2n) is 6.28. The molecule has 0 aliphatic heterocycles. The Morgan fingerprint density at radius 3 is 1.12 bits per heavy atom. The molecule has 0 rings (SSSR count). The zero-order chi connectivity index (χ0) is 23.8. The molecule has 0 saturated carbocycles. The van der Waals surface area contributed by atoms with Crippen LogP contribution >= 0.6 is 22.8 Å². The van der Waals surface area contributed by atoms with E-state index in [-0.39, 0.29) is 79.9 Å². The van der Waals surface area contributed by atoms with E-state index in [9.17, 15) is 53.1 Å². The molecule has 2 N–H and O–H groups in total. The van der Waals surface area contributed by atoms with Gasteiger partial charge >= 0.3 is 87.5 Å². The van der Waals surface area contributed by atoms with Gasteiger partial charge in [-0.3, -0.25) is 19.3 Å². The minimum absolute atomic E-state index is 0. The van der Waals surface area contributed by atoms with Crippen LogP contribution in [-0.4, -0.2) is 94.6 Å². The van der Waals surface area contributed by atoms with Crippen molar-refractivity contribution in [1.82, 2.24) is 14.7 Å². The predicted molar refractivity (Wildman–Crippen MR) is 86.6 cm³/mol. The average Bonchev–Trinajstić information content (AvgIpc) is 2.43. The van der Waals surface area contributed by atoms with E-state index in [1.165, 1.54) is 0 Å². The largest absolute Gasteiger partial charge is 3.00 e. The van der Waals surface area contributed by atoms with Crippen molar-refractivity contribution < 1.29 is 143 Å². The number of carbonyl (C=O) groups is 2. The Balaban J connectivity index is -0.00000420. The van der Waals surface area contributed by atoms with Gasteiger partial charge in [0.25, 0.3) is 0 Å². The fourth-order valence-corrected chi connectivity index (χ4v) is 4.60. The Morgan fingerprint density at radius 1 is 0.625 bits per heavy atom. The molecule has 188 valence electrons. The quantitative estimate of drug-likeness (QED) is 0.137. The van der Waals surface area contributed by atoms with E-state index < -0.39 is 92.9 Å². The van der Waals surface area contributed by atoms with E-state index in [0.717, 1.165) is 4.90 Å². The van der Waals surface area contributed by atoms with Crippen LogP contribution in [0.15, 0.2) is 0 Å². The molecule has 0 fully saturated rings. The maximum atomic E-state index is 11.3. The van der Waals surface area contributed by atoms with Crippen molar-refractivity contribution in [3.05, 3.63) is 0 Å². The van der Waals surface area contributed by atoms with E-state index in [2.05, 4.69) is 0 Å². The normalized spacial score (nSPS) is 12.5. The monoisotopic (exact) mass is 811 g/mol. The Hall–Kier alpha value is 1.92. The third kappa shape index (κ3) is 25.0. The third-order valence-corrected chi connectivity index (χ3v) is 5.56. The molecular weight excluding hydrogens is 790 g/mol. The van der Waals surface area contributed by atoms with Gasteiger partial charge in [-0.25, -0.2) is 0 Å². The van der Waals surface area contributed by atoms with Gasteiger partial charge < -0.3 is 58.3 Å². The second kappa shape index (κ2) is 17.4. The minimum atomic E-state index is -5.17. The number of carbonyl (C=O) groups excluding carboxylic acids is 2. The summed E-state index contributed by atoms with van der Waals surface area (Å²) in [5, 5.41) is 21.4. The molecule has 21 heteroatoms. The third-order valence-electron chi connectivity index (χ3n) is 3.30. The first-order valence-electron chi connectivity index (χ1n) is 8.00. The van der Waals surface area contributed by atoms with Crippen molar-refractivity contribution in [2.24, 2.45) is 0 Å². The first kappa shape index (κ1) is 38.4. The van der Waals surface area contributed by atoms with Crippen molar-refractivity contribution in [3.8, 4) is 0 Å². The summed E-state index contributed by atoms with van der Waals surface area (Å²) in [6, 6.07) is 0. The summed E-state index contributed by atoms with van der Waals surface area (Å²) in [5.74, 6) is -3.43. The molecule has 0 aliphatic carbocycles. The number of rotatable bonds is 16. The van der Waals surface area contributed by atoms with Gasteiger partial charge in [0.05, 0.1) is 11.9 Å². The Labute approximate surface area is 247 Å². The Bertz CT molecular complexity index is 679. The number of hydrogen-bond donors (Lipinski definition) is 2. The minimum Gasteiger partial charge on any atom is -0.810 e. The SMILES string of the molecule is O=C([O-])CN(CCN(CCN(CC(=O)[O-])CP(=O)([O-])[O-])CP(=O)(O)O)CP(=O)([O-])[O-].[Gd+3].[Gd+3]. The van der Waals surface area contributed by atoms with Crippen molar-refractivity contribution >= 4 is 34.7 Å². The molecular formula is C11H20Gd2N3O13P3. The van der Waals surface area contributed by atoms with Crippen LogP contribution in [0.5, 0.6) is 0 Å². The summed E-state index contributed by atoms with van der Waals surface area (Å²) in [5.41, 5.74) is 0. The van der Waals surface area contributed by atoms with E-state index in [0.29, 0.717) is 9.80 Å². The van der Waals surface area contributed by atoms with E-state index in [1.54, 1.807) is 0 Å². The molecule has 0 aromatic rings. The predicted octanol–water partition coefficient (Wildman–Crippen LogP) is -7.73. The van der Waals surface area contributed by atoms with Crippen LogP contribution < -0.4 is 29.8 Å². The van der Waals surface area contributed by atoms with Crippen LogP contribution in [0.25, 0.3) is 0 Å². The van der Waals surface area contributed by atoms with Crippen LogP contribution in [0.2, 0.25) is 0 Å². The summed E-state index contributed by atoms with van der Waals surface area (Å²) in [6.45, 7) is -3.67. The van der Waals surface area contributed by atoms with Crippen LogP contribution in [0.1, 0.15) is 0 Å². The maximum Gasteiger partial charge on any atom is 3.00 e. The smallest absolute Gasteiger partial charge is 0.810 e. The van der Waals surface area contributed by atoms with Gasteiger partial charge in [-0.2, -0.15) is 0 Å². The Kier molecular flexibility index (Phi) is 20.9. The average molecular weight is 810 g/mol. The Morgan fingerprint density at radius 2 is 0.906 bits per heavy atom. The zero-order valence-corrected chi connectivity index (χ0v) is 23.4. The first-order valence-corrected chi connectivity index (χ1v) is 13.2. The molecule has 32 heavy (non-hydrogen) atoms. The molecule has 16 nitrogen and oxygen atoms in total. The van der Waals surface area contributed by atoms with E-state index in [4.69, 9.17) is 9.79 Å². The van der Waals surface area contributed by atoms with Crippen molar-refractivity contribution in [2.75, 3.05) is 58.1 Å². The molecule has 0 aromatic carbocycles. The number of carboxylic acid groups (broad SMARTS) is 2. The summed E-state index contributed by atoms with van der Waals surface area (Å²) in [6.07, 6.45) is -3.34. The van der Waals surface area contributed by atoms with Crippen molar-refractivity contribution in [2.45, 2.75) is 0 Å². The van der Waals surface area contributed by atoms with Gasteiger partial charge in [0.1, 0.15) is 6.29 Å². The van der Waals surface area contributed by atoms with Crippen LogP contribution in [-0.2, 0) is 23.3 Å². The van der Waals surface area contributed by atoms with Crippen LogP contribution in [0, 0.1) is 79.9 Å². The van der Waals surface area contributed by atoms with Gasteiger partial charge in [-0.15, -0.1) is 0 Å². The molecule has 0 unspecified atom stereocenters. The number of carboxylic acids is 2. The number of hydrogen-bond acceptors (Lipinski definition) is 14. The summed E-state index contributed by atoms with van der Waals surface area (Å²) in [7, 11) is -15.0. The van der Waals surface area contributed by atoms with Gasteiger partial charge in [0, 0.05) is 51.8 Å². The summed E-state index contributed by atoms with van der Waals surface area (Å²) >= 11 is 0. The summed E-state index contributed by atoms with van der Waals surface area (Å²) < 4.78 is 33.0. The van der Waals surface area contributed by atoms with Gasteiger partial charge in [0.2, 0.25) is 0 Å². The fourth-order valence-electron chi connectivity index (χ4n) is 2.33. The molecule has 0 aromatic heterocycles. The van der Waals surface area contributed by atoms with Gasteiger partial charge in [-0.05, 0) is 0 Å².